The van der Waals surface area contributed by atoms with Gasteiger partial charge in [0.1, 0.15) is 11.6 Å². The molecule has 17 heavy (non-hydrogen) atoms. The molecule has 0 aliphatic rings. The molecule has 2 aromatic rings. The zero-order valence-electron chi connectivity index (χ0n) is 9.29. The lowest BCUT2D eigenvalue weighted by molar-refractivity contribution is 0.978. The van der Waals surface area contributed by atoms with Crippen molar-refractivity contribution in [1.82, 2.24) is 9.97 Å². The van der Waals surface area contributed by atoms with E-state index < -0.39 is 0 Å². The van der Waals surface area contributed by atoms with Gasteiger partial charge in [-0.15, -0.1) is 11.3 Å². The van der Waals surface area contributed by atoms with Crippen LogP contribution < -0.4 is 10.9 Å². The standard InChI is InChI=1S/C11H12BrN3OS/c1-7-14-10(6-11(16)15-7)13-5-4-8-2-3-9(12)17-8/h2-3,6H,4-5H2,1H3,(H2,13,14,15,16). The van der Waals surface area contributed by atoms with E-state index in [0.717, 1.165) is 16.8 Å². The van der Waals surface area contributed by atoms with Crippen LogP contribution in [-0.2, 0) is 6.42 Å². The number of aromatic nitrogens is 2. The van der Waals surface area contributed by atoms with E-state index in [1.807, 2.05) is 6.07 Å². The minimum atomic E-state index is -0.126. The van der Waals surface area contributed by atoms with Crippen LogP contribution in [0.2, 0.25) is 0 Å². The lowest BCUT2D eigenvalue weighted by atomic mass is 10.3. The van der Waals surface area contributed by atoms with Crippen LogP contribution >= 0.6 is 27.3 Å². The van der Waals surface area contributed by atoms with Gasteiger partial charge >= 0.3 is 0 Å². The van der Waals surface area contributed by atoms with Crippen molar-refractivity contribution in [2.24, 2.45) is 0 Å². The summed E-state index contributed by atoms with van der Waals surface area (Å²) in [5, 5.41) is 3.14. The quantitative estimate of drug-likeness (QED) is 0.912. The second kappa shape index (κ2) is 5.46. The van der Waals surface area contributed by atoms with E-state index in [0.29, 0.717) is 11.6 Å². The number of halogens is 1. The number of aromatic amines is 1. The summed E-state index contributed by atoms with van der Waals surface area (Å²) in [6, 6.07) is 5.60. The molecule has 0 saturated heterocycles. The molecule has 2 rings (SSSR count). The zero-order valence-corrected chi connectivity index (χ0v) is 11.7. The van der Waals surface area contributed by atoms with Crippen molar-refractivity contribution in [2.45, 2.75) is 13.3 Å². The highest BCUT2D eigenvalue weighted by Gasteiger charge is 1.99. The fourth-order valence-corrected chi connectivity index (χ4v) is 2.95. The van der Waals surface area contributed by atoms with Crippen LogP contribution in [0.15, 0.2) is 26.8 Å². The van der Waals surface area contributed by atoms with E-state index in [1.165, 1.54) is 10.9 Å². The van der Waals surface area contributed by atoms with E-state index in [2.05, 4.69) is 37.3 Å². The maximum absolute atomic E-state index is 11.2. The van der Waals surface area contributed by atoms with Crippen LogP contribution in [0.25, 0.3) is 0 Å². The summed E-state index contributed by atoms with van der Waals surface area (Å²) in [5.41, 5.74) is -0.126. The molecule has 0 amide bonds. The Hall–Kier alpha value is -1.14. The molecule has 0 aliphatic carbocycles. The molecule has 4 nitrogen and oxygen atoms in total. The van der Waals surface area contributed by atoms with Gasteiger partial charge in [-0.25, -0.2) is 4.98 Å². The number of hydrogen-bond acceptors (Lipinski definition) is 4. The van der Waals surface area contributed by atoms with E-state index >= 15 is 0 Å². The molecule has 2 aromatic heterocycles. The molecule has 90 valence electrons. The molecule has 2 N–H and O–H groups in total. The Morgan fingerprint density at radius 1 is 1.53 bits per heavy atom. The molecular formula is C11H12BrN3OS. The summed E-state index contributed by atoms with van der Waals surface area (Å²) in [6.45, 7) is 2.53. The van der Waals surface area contributed by atoms with Gasteiger partial charge in [0.15, 0.2) is 0 Å². The van der Waals surface area contributed by atoms with Gasteiger partial charge < -0.3 is 10.3 Å². The van der Waals surface area contributed by atoms with Gasteiger partial charge in [0.2, 0.25) is 0 Å². The molecule has 0 unspecified atom stereocenters. The highest BCUT2D eigenvalue weighted by molar-refractivity contribution is 9.11. The highest BCUT2D eigenvalue weighted by Crippen LogP contribution is 2.22. The Labute approximate surface area is 111 Å². The Morgan fingerprint density at radius 3 is 3.00 bits per heavy atom. The Kier molecular flexibility index (Phi) is 3.96. The molecule has 0 saturated carbocycles. The molecule has 0 aliphatic heterocycles. The van der Waals surface area contributed by atoms with Crippen LogP contribution in [0.5, 0.6) is 0 Å². The molecule has 6 heteroatoms. The maximum Gasteiger partial charge on any atom is 0.252 e. The van der Waals surface area contributed by atoms with Gasteiger partial charge in [0.25, 0.3) is 5.56 Å². The lowest BCUT2D eigenvalue weighted by Crippen LogP contribution is -2.13. The molecule has 0 atom stereocenters. The van der Waals surface area contributed by atoms with Crippen molar-refractivity contribution >= 4 is 33.1 Å². The average Bonchev–Trinajstić information content (AvgIpc) is 2.63. The van der Waals surface area contributed by atoms with E-state index in [-0.39, 0.29) is 5.56 Å². The Morgan fingerprint density at radius 2 is 2.35 bits per heavy atom. The number of nitrogens with one attached hydrogen (secondary N) is 2. The largest absolute Gasteiger partial charge is 0.369 e. The molecule has 0 bridgehead atoms. The van der Waals surface area contributed by atoms with Crippen LogP contribution in [0.4, 0.5) is 5.82 Å². The molecule has 0 fully saturated rings. The second-order valence-electron chi connectivity index (χ2n) is 3.60. The summed E-state index contributed by atoms with van der Waals surface area (Å²) in [4.78, 5) is 19.3. The minimum absolute atomic E-state index is 0.126. The number of rotatable bonds is 4. The van der Waals surface area contributed by atoms with E-state index in [1.54, 1.807) is 18.3 Å². The number of H-pyrrole nitrogens is 1. The fraction of sp³-hybridized carbons (Fsp3) is 0.273. The summed E-state index contributed by atoms with van der Waals surface area (Å²) in [6.07, 6.45) is 0.920. The third-order valence-electron chi connectivity index (χ3n) is 2.17. The second-order valence-corrected chi connectivity index (χ2v) is 6.15. The van der Waals surface area contributed by atoms with E-state index in [4.69, 9.17) is 0 Å². The first-order valence-corrected chi connectivity index (χ1v) is 6.80. The SMILES string of the molecule is Cc1nc(NCCc2ccc(Br)s2)cc(=O)[nH]1. The summed E-state index contributed by atoms with van der Waals surface area (Å²) in [5.74, 6) is 1.25. The first kappa shape index (κ1) is 12.3. The maximum atomic E-state index is 11.2. The van der Waals surface area contributed by atoms with Crippen molar-refractivity contribution in [3.63, 3.8) is 0 Å². The zero-order chi connectivity index (χ0) is 12.3. The summed E-state index contributed by atoms with van der Waals surface area (Å²) < 4.78 is 1.14. The van der Waals surface area contributed by atoms with Crippen LogP contribution in [0.1, 0.15) is 10.7 Å². The molecule has 2 heterocycles. The normalized spacial score (nSPS) is 10.5. The van der Waals surface area contributed by atoms with Crippen molar-refractivity contribution < 1.29 is 0 Å². The lowest BCUT2D eigenvalue weighted by Gasteiger charge is -2.04. The number of aryl methyl sites for hydroxylation is 1. The fourth-order valence-electron chi connectivity index (χ4n) is 1.47. The number of thiophene rings is 1. The smallest absolute Gasteiger partial charge is 0.252 e. The monoisotopic (exact) mass is 313 g/mol. The van der Waals surface area contributed by atoms with Gasteiger partial charge in [0, 0.05) is 17.5 Å². The van der Waals surface area contributed by atoms with Crippen molar-refractivity contribution in [1.29, 1.82) is 0 Å². The Balaban J connectivity index is 1.92. The Bertz CT molecular complexity index is 564. The number of nitrogens with zero attached hydrogens (tertiary/aromatic N) is 1. The molecule has 0 spiro atoms. The minimum Gasteiger partial charge on any atom is -0.369 e. The first-order chi connectivity index (χ1) is 8.13. The third-order valence-corrected chi connectivity index (χ3v) is 3.85. The van der Waals surface area contributed by atoms with E-state index in [9.17, 15) is 4.79 Å². The molecule has 0 radical (unpaired) electrons. The average molecular weight is 314 g/mol. The first-order valence-electron chi connectivity index (χ1n) is 5.19. The molecular weight excluding hydrogens is 302 g/mol. The third kappa shape index (κ3) is 3.67. The predicted octanol–water partition coefficient (Wildman–Crippen LogP) is 2.56. The van der Waals surface area contributed by atoms with Crippen LogP contribution in [0.3, 0.4) is 0 Å². The van der Waals surface area contributed by atoms with Gasteiger partial charge in [0.05, 0.1) is 3.79 Å². The van der Waals surface area contributed by atoms with Crippen LogP contribution in [0, 0.1) is 6.92 Å². The van der Waals surface area contributed by atoms with Gasteiger partial charge in [-0.05, 0) is 41.4 Å². The topological polar surface area (TPSA) is 57.8 Å². The summed E-state index contributed by atoms with van der Waals surface area (Å²) >= 11 is 5.15. The highest BCUT2D eigenvalue weighted by atomic mass is 79.9. The molecule has 0 aromatic carbocycles. The van der Waals surface area contributed by atoms with Gasteiger partial charge in [-0.2, -0.15) is 0 Å². The summed E-state index contributed by atoms with van der Waals surface area (Å²) in [7, 11) is 0. The van der Waals surface area contributed by atoms with Crippen molar-refractivity contribution in [3.05, 3.63) is 43.0 Å². The number of anilines is 1. The predicted molar refractivity (Wildman–Crippen MR) is 73.8 cm³/mol. The number of hydrogen-bond donors (Lipinski definition) is 2. The van der Waals surface area contributed by atoms with Gasteiger partial charge in [-0.3, -0.25) is 4.79 Å². The van der Waals surface area contributed by atoms with Crippen molar-refractivity contribution in [3.8, 4) is 0 Å². The van der Waals surface area contributed by atoms with Crippen LogP contribution in [-0.4, -0.2) is 16.5 Å². The van der Waals surface area contributed by atoms with Gasteiger partial charge in [-0.1, -0.05) is 0 Å². The van der Waals surface area contributed by atoms with Crippen molar-refractivity contribution in [2.75, 3.05) is 11.9 Å².